The predicted molar refractivity (Wildman–Crippen MR) is 65.9 cm³/mol. The van der Waals surface area contributed by atoms with Gasteiger partial charge in [-0.2, -0.15) is 0 Å². The minimum absolute atomic E-state index is 0.502. The van der Waals surface area contributed by atoms with Crippen molar-refractivity contribution in [3.05, 3.63) is 42.2 Å². The fourth-order valence-electron chi connectivity index (χ4n) is 1.66. The van der Waals surface area contributed by atoms with Gasteiger partial charge in [-0.05, 0) is 12.0 Å². The van der Waals surface area contributed by atoms with Crippen molar-refractivity contribution in [1.82, 2.24) is 9.97 Å². The lowest BCUT2D eigenvalue weighted by Gasteiger charge is -2.03. The van der Waals surface area contributed by atoms with Crippen LogP contribution in [0, 0.1) is 0 Å². The average molecular weight is 213 g/mol. The molecule has 0 atom stereocenters. The molecule has 0 aliphatic rings. The van der Waals surface area contributed by atoms with Crippen molar-refractivity contribution in [2.24, 2.45) is 0 Å². The normalized spacial score (nSPS) is 10.3. The van der Waals surface area contributed by atoms with E-state index < -0.39 is 0 Å². The van der Waals surface area contributed by atoms with Crippen LogP contribution in [-0.4, -0.2) is 9.97 Å². The van der Waals surface area contributed by atoms with Crippen molar-refractivity contribution in [2.45, 2.75) is 19.8 Å². The van der Waals surface area contributed by atoms with Gasteiger partial charge in [-0.25, -0.2) is 9.97 Å². The lowest BCUT2D eigenvalue weighted by atomic mass is 10.1. The number of benzene rings is 1. The Morgan fingerprint density at radius 1 is 1.12 bits per heavy atom. The predicted octanol–water partition coefficient (Wildman–Crippen LogP) is 2.68. The third-order valence-electron chi connectivity index (χ3n) is 2.48. The fourth-order valence-corrected chi connectivity index (χ4v) is 1.66. The quantitative estimate of drug-likeness (QED) is 0.852. The molecule has 16 heavy (non-hydrogen) atoms. The summed E-state index contributed by atoms with van der Waals surface area (Å²) in [5.74, 6) is 0.502. The third kappa shape index (κ3) is 2.37. The molecule has 82 valence electrons. The topological polar surface area (TPSA) is 51.8 Å². The first kappa shape index (κ1) is 10.6. The molecule has 3 heteroatoms. The number of nitrogens with zero attached hydrogens (tertiary/aromatic N) is 2. The second-order valence-corrected chi connectivity index (χ2v) is 3.78. The molecule has 0 spiro atoms. The number of nitrogens with two attached hydrogens (primary N) is 1. The van der Waals surface area contributed by atoms with E-state index in [4.69, 9.17) is 5.73 Å². The van der Waals surface area contributed by atoms with Gasteiger partial charge >= 0.3 is 0 Å². The molecule has 0 aliphatic carbocycles. The zero-order chi connectivity index (χ0) is 11.4. The maximum absolute atomic E-state index is 5.62. The number of anilines is 1. The monoisotopic (exact) mass is 213 g/mol. The van der Waals surface area contributed by atoms with E-state index in [1.807, 2.05) is 0 Å². The summed E-state index contributed by atoms with van der Waals surface area (Å²) in [6.07, 6.45) is 3.77. The lowest BCUT2D eigenvalue weighted by Crippen LogP contribution is -1.92. The molecule has 0 unspecified atom stereocenters. The van der Waals surface area contributed by atoms with E-state index in [-0.39, 0.29) is 0 Å². The first-order valence-electron chi connectivity index (χ1n) is 5.46. The zero-order valence-electron chi connectivity index (χ0n) is 9.35. The number of hydrogen-bond acceptors (Lipinski definition) is 3. The molecule has 1 heterocycles. The molecule has 2 rings (SSSR count). The van der Waals surface area contributed by atoms with Crippen LogP contribution in [0.25, 0.3) is 11.3 Å². The summed E-state index contributed by atoms with van der Waals surface area (Å²) in [6.45, 7) is 2.18. The van der Waals surface area contributed by atoms with Crippen molar-refractivity contribution < 1.29 is 0 Å². The van der Waals surface area contributed by atoms with Crippen LogP contribution in [0.2, 0.25) is 0 Å². The first-order chi connectivity index (χ1) is 7.79. The van der Waals surface area contributed by atoms with E-state index in [1.54, 1.807) is 6.07 Å². The highest BCUT2D eigenvalue weighted by Gasteiger charge is 2.00. The summed E-state index contributed by atoms with van der Waals surface area (Å²) in [4.78, 5) is 8.07. The van der Waals surface area contributed by atoms with Gasteiger partial charge in [0.05, 0.1) is 5.69 Å². The maximum Gasteiger partial charge on any atom is 0.127 e. The van der Waals surface area contributed by atoms with Gasteiger partial charge in [-0.15, -0.1) is 0 Å². The second-order valence-electron chi connectivity index (χ2n) is 3.78. The molecule has 1 aromatic carbocycles. The Morgan fingerprint density at radius 3 is 2.50 bits per heavy atom. The van der Waals surface area contributed by atoms with E-state index in [2.05, 4.69) is 41.2 Å². The summed E-state index contributed by atoms with van der Waals surface area (Å²) in [7, 11) is 0. The average Bonchev–Trinajstić information content (AvgIpc) is 2.30. The third-order valence-corrected chi connectivity index (χ3v) is 2.48. The molecule has 0 radical (unpaired) electrons. The first-order valence-corrected chi connectivity index (χ1v) is 5.46. The van der Waals surface area contributed by atoms with Gasteiger partial charge in [-0.3, -0.25) is 0 Å². The SMILES string of the molecule is CCCc1ccc(-c2cc(N)ncn2)cc1. The van der Waals surface area contributed by atoms with Crippen molar-refractivity contribution in [1.29, 1.82) is 0 Å². The lowest BCUT2D eigenvalue weighted by molar-refractivity contribution is 0.922. The number of aryl methyl sites for hydroxylation is 1. The van der Waals surface area contributed by atoms with Crippen molar-refractivity contribution in [2.75, 3.05) is 5.73 Å². The molecule has 3 nitrogen and oxygen atoms in total. The summed E-state index contributed by atoms with van der Waals surface area (Å²) in [5.41, 5.74) is 8.93. The highest BCUT2D eigenvalue weighted by molar-refractivity contribution is 5.61. The van der Waals surface area contributed by atoms with Gasteiger partial charge in [0.2, 0.25) is 0 Å². The van der Waals surface area contributed by atoms with E-state index in [9.17, 15) is 0 Å². The number of aromatic nitrogens is 2. The Hall–Kier alpha value is -1.90. The molecule has 2 aromatic rings. The number of hydrogen-bond donors (Lipinski definition) is 1. The van der Waals surface area contributed by atoms with Crippen LogP contribution in [0.4, 0.5) is 5.82 Å². The molecular weight excluding hydrogens is 198 g/mol. The Kier molecular flexibility index (Phi) is 3.15. The van der Waals surface area contributed by atoms with E-state index in [0.29, 0.717) is 5.82 Å². The summed E-state index contributed by atoms with van der Waals surface area (Å²) in [5, 5.41) is 0. The van der Waals surface area contributed by atoms with Gasteiger partial charge in [0, 0.05) is 11.6 Å². The van der Waals surface area contributed by atoms with Gasteiger partial charge in [0.25, 0.3) is 0 Å². The van der Waals surface area contributed by atoms with Crippen LogP contribution in [0.1, 0.15) is 18.9 Å². The molecule has 1 aromatic heterocycles. The van der Waals surface area contributed by atoms with Gasteiger partial charge in [0.1, 0.15) is 12.1 Å². The molecule has 0 saturated carbocycles. The largest absolute Gasteiger partial charge is 0.384 e. The molecule has 0 amide bonds. The van der Waals surface area contributed by atoms with Crippen LogP contribution in [0.3, 0.4) is 0 Å². The summed E-state index contributed by atoms with van der Waals surface area (Å²) >= 11 is 0. The van der Waals surface area contributed by atoms with Gasteiger partial charge < -0.3 is 5.73 Å². The maximum atomic E-state index is 5.62. The van der Waals surface area contributed by atoms with E-state index >= 15 is 0 Å². The van der Waals surface area contributed by atoms with Gasteiger partial charge in [0.15, 0.2) is 0 Å². The molecule has 0 bridgehead atoms. The zero-order valence-corrected chi connectivity index (χ0v) is 9.35. The van der Waals surface area contributed by atoms with Crippen molar-refractivity contribution in [3.63, 3.8) is 0 Å². The van der Waals surface area contributed by atoms with Crippen LogP contribution in [0.5, 0.6) is 0 Å². The van der Waals surface area contributed by atoms with Crippen LogP contribution >= 0.6 is 0 Å². The molecule has 0 fully saturated rings. The molecule has 2 N–H and O–H groups in total. The Labute approximate surface area is 95.4 Å². The van der Waals surface area contributed by atoms with Gasteiger partial charge in [-0.1, -0.05) is 37.6 Å². The molecule has 0 saturated heterocycles. The van der Waals surface area contributed by atoms with Crippen LogP contribution in [-0.2, 0) is 6.42 Å². The summed E-state index contributed by atoms with van der Waals surface area (Å²) in [6, 6.07) is 10.2. The number of nitrogen functional groups attached to an aromatic ring is 1. The standard InChI is InChI=1S/C13H15N3/c1-2-3-10-4-6-11(7-5-10)12-8-13(14)16-9-15-12/h4-9H,2-3H2,1H3,(H2,14,15,16). The molecule has 0 aliphatic heterocycles. The highest BCUT2D eigenvalue weighted by Crippen LogP contribution is 2.18. The minimum Gasteiger partial charge on any atom is -0.384 e. The van der Waals surface area contributed by atoms with Crippen molar-refractivity contribution in [3.8, 4) is 11.3 Å². The van der Waals surface area contributed by atoms with E-state index in [0.717, 1.165) is 17.7 Å². The Bertz CT molecular complexity index is 463. The Morgan fingerprint density at radius 2 is 1.88 bits per heavy atom. The van der Waals surface area contributed by atoms with Crippen molar-refractivity contribution >= 4 is 5.82 Å². The summed E-state index contributed by atoms with van der Waals surface area (Å²) < 4.78 is 0. The van der Waals surface area contributed by atoms with E-state index in [1.165, 1.54) is 18.3 Å². The minimum atomic E-state index is 0.502. The Balaban J connectivity index is 2.27. The highest BCUT2D eigenvalue weighted by atomic mass is 14.9. The van der Waals surface area contributed by atoms with Crippen LogP contribution < -0.4 is 5.73 Å². The smallest absolute Gasteiger partial charge is 0.127 e. The fraction of sp³-hybridized carbons (Fsp3) is 0.231. The second kappa shape index (κ2) is 4.75. The molecular formula is C13H15N3. The van der Waals surface area contributed by atoms with Crippen LogP contribution in [0.15, 0.2) is 36.7 Å². The number of rotatable bonds is 3.